The number of carbonyl (C=O) groups is 4. The first-order valence-electron chi connectivity index (χ1n) is 7.56. The molecule has 1 saturated heterocycles. The molecule has 0 aliphatic carbocycles. The molecular weight excluding hydrogens is 314 g/mol. The summed E-state index contributed by atoms with van der Waals surface area (Å²) in [6.07, 6.45) is 1.06. The molecule has 0 saturated carbocycles. The average Bonchev–Trinajstić information content (AvgIpc) is 3.01. The normalized spacial score (nSPS) is 16.5. The van der Waals surface area contributed by atoms with E-state index in [2.05, 4.69) is 10.6 Å². The van der Waals surface area contributed by atoms with Crippen LogP contribution in [-0.2, 0) is 14.4 Å². The van der Waals surface area contributed by atoms with E-state index in [4.69, 9.17) is 5.11 Å². The fourth-order valence-electron chi connectivity index (χ4n) is 2.62. The van der Waals surface area contributed by atoms with Crippen molar-refractivity contribution >= 4 is 29.4 Å². The highest BCUT2D eigenvalue weighted by Crippen LogP contribution is 2.17. The summed E-state index contributed by atoms with van der Waals surface area (Å²) < 4.78 is 0. The van der Waals surface area contributed by atoms with Crippen molar-refractivity contribution in [3.63, 3.8) is 0 Å². The lowest BCUT2D eigenvalue weighted by Crippen LogP contribution is -2.45. The Morgan fingerprint density at radius 1 is 1.29 bits per heavy atom. The van der Waals surface area contributed by atoms with Gasteiger partial charge in [-0.05, 0) is 31.0 Å². The molecular formula is C16H19N3O5. The molecule has 1 aromatic carbocycles. The van der Waals surface area contributed by atoms with Crippen molar-refractivity contribution in [2.45, 2.75) is 25.8 Å². The topological polar surface area (TPSA) is 116 Å². The highest BCUT2D eigenvalue weighted by molar-refractivity contribution is 5.98. The largest absolute Gasteiger partial charge is 0.480 e. The first kappa shape index (κ1) is 17.5. The van der Waals surface area contributed by atoms with Crippen LogP contribution < -0.4 is 10.6 Å². The third kappa shape index (κ3) is 4.31. The van der Waals surface area contributed by atoms with E-state index < -0.39 is 23.8 Å². The smallest absolute Gasteiger partial charge is 0.326 e. The van der Waals surface area contributed by atoms with Crippen molar-refractivity contribution in [2.24, 2.45) is 0 Å². The van der Waals surface area contributed by atoms with Gasteiger partial charge in [-0.2, -0.15) is 0 Å². The lowest BCUT2D eigenvalue weighted by molar-refractivity contribution is -0.147. The molecule has 1 aliphatic heterocycles. The molecule has 1 fully saturated rings. The molecule has 3 N–H and O–H groups in total. The first-order valence-corrected chi connectivity index (χ1v) is 7.56. The van der Waals surface area contributed by atoms with Crippen LogP contribution in [-0.4, -0.2) is 52.8 Å². The van der Waals surface area contributed by atoms with Crippen LogP contribution in [0.3, 0.4) is 0 Å². The van der Waals surface area contributed by atoms with Crippen LogP contribution >= 0.6 is 0 Å². The van der Waals surface area contributed by atoms with E-state index in [0.717, 1.165) is 0 Å². The third-order valence-electron chi connectivity index (χ3n) is 3.70. The summed E-state index contributed by atoms with van der Waals surface area (Å²) in [4.78, 5) is 47.6. The molecule has 1 unspecified atom stereocenters. The molecule has 0 spiro atoms. The van der Waals surface area contributed by atoms with Crippen LogP contribution in [0, 0.1) is 0 Å². The van der Waals surface area contributed by atoms with Crippen molar-refractivity contribution in [1.29, 1.82) is 0 Å². The van der Waals surface area contributed by atoms with E-state index >= 15 is 0 Å². The predicted molar refractivity (Wildman–Crippen MR) is 85.4 cm³/mol. The number of amides is 3. The number of carboxylic acids is 1. The van der Waals surface area contributed by atoms with Gasteiger partial charge in [0.25, 0.3) is 5.91 Å². The minimum Gasteiger partial charge on any atom is -0.480 e. The Kier molecular flexibility index (Phi) is 5.51. The third-order valence-corrected chi connectivity index (χ3v) is 3.70. The molecule has 2 rings (SSSR count). The highest BCUT2D eigenvalue weighted by Gasteiger charge is 2.33. The molecule has 1 heterocycles. The summed E-state index contributed by atoms with van der Waals surface area (Å²) in [5, 5.41) is 14.1. The van der Waals surface area contributed by atoms with Gasteiger partial charge < -0.3 is 20.6 Å². The van der Waals surface area contributed by atoms with Gasteiger partial charge >= 0.3 is 5.97 Å². The number of benzene rings is 1. The highest BCUT2D eigenvalue weighted by atomic mass is 16.4. The summed E-state index contributed by atoms with van der Waals surface area (Å²) in [5.41, 5.74) is 0.775. The average molecular weight is 333 g/mol. The zero-order valence-corrected chi connectivity index (χ0v) is 13.2. The number of hydrogen-bond donors (Lipinski definition) is 3. The minimum atomic E-state index is -1.03. The zero-order valence-electron chi connectivity index (χ0n) is 13.2. The lowest BCUT2D eigenvalue weighted by atomic mass is 10.2. The van der Waals surface area contributed by atoms with E-state index in [0.29, 0.717) is 30.6 Å². The molecule has 0 bridgehead atoms. The van der Waals surface area contributed by atoms with Gasteiger partial charge in [0.15, 0.2) is 0 Å². The second-order valence-electron chi connectivity index (χ2n) is 5.53. The number of carbonyl (C=O) groups excluding carboxylic acids is 3. The van der Waals surface area contributed by atoms with Crippen molar-refractivity contribution in [2.75, 3.05) is 18.4 Å². The maximum Gasteiger partial charge on any atom is 0.326 e. The Bertz CT molecular complexity index is 673. The standard InChI is InChI=1S/C16H19N3O5/c1-10(20)18-12-5-2-4-11(8-12)15(22)17-9-14(21)19-7-3-6-13(19)16(23)24/h2,4-5,8,13H,3,6-7,9H2,1H3,(H,17,22)(H,18,20)(H,23,24). The van der Waals surface area contributed by atoms with E-state index in [9.17, 15) is 19.2 Å². The fraction of sp³-hybridized carbons (Fsp3) is 0.375. The Balaban J connectivity index is 1.94. The second kappa shape index (κ2) is 7.58. The van der Waals surface area contributed by atoms with Gasteiger partial charge in [-0.3, -0.25) is 14.4 Å². The van der Waals surface area contributed by atoms with Gasteiger partial charge in [0.2, 0.25) is 11.8 Å². The summed E-state index contributed by atoms with van der Waals surface area (Å²) in [7, 11) is 0. The zero-order chi connectivity index (χ0) is 17.7. The van der Waals surface area contributed by atoms with E-state index in [1.807, 2.05) is 0 Å². The molecule has 3 amide bonds. The van der Waals surface area contributed by atoms with E-state index in [1.54, 1.807) is 18.2 Å². The minimum absolute atomic E-state index is 0.253. The monoisotopic (exact) mass is 333 g/mol. The number of likely N-dealkylation sites (tertiary alicyclic amines) is 1. The van der Waals surface area contributed by atoms with Crippen LogP contribution in [0.2, 0.25) is 0 Å². The molecule has 1 aliphatic rings. The first-order chi connectivity index (χ1) is 11.4. The van der Waals surface area contributed by atoms with Crippen molar-refractivity contribution in [3.05, 3.63) is 29.8 Å². The molecule has 8 nitrogen and oxygen atoms in total. The second-order valence-corrected chi connectivity index (χ2v) is 5.53. The Hall–Kier alpha value is -2.90. The number of aliphatic carboxylic acids is 1. The lowest BCUT2D eigenvalue weighted by Gasteiger charge is -2.21. The van der Waals surface area contributed by atoms with Crippen LogP contribution in [0.25, 0.3) is 0 Å². The van der Waals surface area contributed by atoms with Gasteiger partial charge in [-0.25, -0.2) is 4.79 Å². The number of anilines is 1. The Morgan fingerprint density at radius 3 is 2.71 bits per heavy atom. The predicted octanol–water partition coefficient (Wildman–Crippen LogP) is 0.450. The van der Waals surface area contributed by atoms with E-state index in [1.165, 1.54) is 17.9 Å². The van der Waals surface area contributed by atoms with Crippen LogP contribution in [0.5, 0.6) is 0 Å². The SMILES string of the molecule is CC(=O)Nc1cccc(C(=O)NCC(=O)N2CCCC2C(=O)O)c1. The molecule has 24 heavy (non-hydrogen) atoms. The van der Waals surface area contributed by atoms with Crippen molar-refractivity contribution in [3.8, 4) is 0 Å². The molecule has 0 radical (unpaired) electrons. The van der Waals surface area contributed by atoms with E-state index in [-0.39, 0.29) is 12.5 Å². The summed E-state index contributed by atoms with van der Waals surface area (Å²) >= 11 is 0. The maximum atomic E-state index is 12.1. The van der Waals surface area contributed by atoms with Crippen LogP contribution in [0.4, 0.5) is 5.69 Å². The quantitative estimate of drug-likeness (QED) is 0.723. The number of nitrogens with zero attached hydrogens (tertiary/aromatic N) is 1. The number of carboxylic acid groups (broad SMARTS) is 1. The number of nitrogens with one attached hydrogen (secondary N) is 2. The molecule has 128 valence electrons. The molecule has 1 atom stereocenters. The number of hydrogen-bond acceptors (Lipinski definition) is 4. The number of rotatable bonds is 5. The van der Waals surface area contributed by atoms with Gasteiger partial charge in [0, 0.05) is 24.7 Å². The van der Waals surface area contributed by atoms with Crippen LogP contribution in [0.15, 0.2) is 24.3 Å². The fourth-order valence-corrected chi connectivity index (χ4v) is 2.62. The van der Waals surface area contributed by atoms with Gasteiger partial charge in [0.05, 0.1) is 6.54 Å². The van der Waals surface area contributed by atoms with Crippen molar-refractivity contribution < 1.29 is 24.3 Å². The van der Waals surface area contributed by atoms with Gasteiger partial charge in [-0.15, -0.1) is 0 Å². The summed E-state index contributed by atoms with van der Waals surface area (Å²) in [5.74, 6) is -2.18. The Morgan fingerprint density at radius 2 is 2.04 bits per heavy atom. The Labute approximate surface area is 138 Å². The van der Waals surface area contributed by atoms with Gasteiger partial charge in [-0.1, -0.05) is 6.07 Å². The molecule has 0 aromatic heterocycles. The van der Waals surface area contributed by atoms with Crippen molar-refractivity contribution in [1.82, 2.24) is 10.2 Å². The molecule has 1 aromatic rings. The summed E-state index contributed by atoms with van der Waals surface area (Å²) in [6.45, 7) is 1.47. The maximum absolute atomic E-state index is 12.1. The van der Waals surface area contributed by atoms with Gasteiger partial charge in [0.1, 0.15) is 6.04 Å². The van der Waals surface area contributed by atoms with Crippen LogP contribution in [0.1, 0.15) is 30.1 Å². The molecule has 8 heteroatoms. The summed E-state index contributed by atoms with van der Waals surface area (Å²) in [6, 6.07) is 5.49.